The number of nitrogens with one attached hydrogen (secondary N) is 1. The number of nitrogens with two attached hydrogens (primary N) is 3. The second-order valence-corrected chi connectivity index (χ2v) is 7.86. The Kier molecular flexibility index (Phi) is 15.2. The molecule has 0 unspecified atom stereocenters. The highest BCUT2D eigenvalue weighted by molar-refractivity contribution is 6.29. The lowest BCUT2D eigenvalue weighted by Crippen LogP contribution is -2.16. The summed E-state index contributed by atoms with van der Waals surface area (Å²) >= 11 is 5.52. The lowest BCUT2D eigenvalue weighted by atomic mass is 10.4. The molecule has 2 heterocycles. The maximum absolute atomic E-state index is 5.54. The lowest BCUT2D eigenvalue weighted by molar-refractivity contribution is 0.403. The van der Waals surface area contributed by atoms with E-state index in [1.807, 2.05) is 19.9 Å². The molecule has 0 saturated heterocycles. The van der Waals surface area contributed by atoms with Crippen LogP contribution < -0.4 is 22.5 Å². The molecule has 176 valence electrons. The Balaban J connectivity index is 0.000000479. The Morgan fingerprint density at radius 1 is 0.839 bits per heavy atom. The van der Waals surface area contributed by atoms with E-state index in [1.54, 1.807) is 6.07 Å². The van der Waals surface area contributed by atoms with Gasteiger partial charge in [0.25, 0.3) is 0 Å². The van der Waals surface area contributed by atoms with Crippen molar-refractivity contribution in [1.29, 1.82) is 0 Å². The van der Waals surface area contributed by atoms with Crippen molar-refractivity contribution in [3.05, 3.63) is 28.7 Å². The molecule has 31 heavy (non-hydrogen) atoms. The van der Waals surface area contributed by atoms with Crippen molar-refractivity contribution in [3.63, 3.8) is 0 Å². The van der Waals surface area contributed by atoms with Crippen LogP contribution in [0.3, 0.4) is 0 Å². The largest absolute Gasteiger partial charge is 0.370 e. The van der Waals surface area contributed by atoms with Crippen LogP contribution in [0.15, 0.2) is 12.1 Å². The van der Waals surface area contributed by atoms with Crippen LogP contribution in [-0.4, -0.2) is 84.1 Å². The van der Waals surface area contributed by atoms with E-state index < -0.39 is 0 Å². The molecule has 0 saturated carbocycles. The molecule has 0 amide bonds. The SMILES string of the molecule is CN(C)CCCN.Cc1cc(Cl)nc(N)n1.Cc1cc(NCCCN(C)C)nc(N)n1. The highest BCUT2D eigenvalue weighted by Gasteiger charge is 1.98. The summed E-state index contributed by atoms with van der Waals surface area (Å²) in [5.74, 6) is 1.35. The monoisotopic (exact) mass is 454 g/mol. The Labute approximate surface area is 191 Å². The van der Waals surface area contributed by atoms with Gasteiger partial charge >= 0.3 is 0 Å². The van der Waals surface area contributed by atoms with Gasteiger partial charge in [-0.1, -0.05) is 11.6 Å². The van der Waals surface area contributed by atoms with Crippen LogP contribution in [0.1, 0.15) is 24.2 Å². The normalized spacial score (nSPS) is 10.3. The van der Waals surface area contributed by atoms with Crippen molar-refractivity contribution in [3.8, 4) is 0 Å². The molecule has 10 nitrogen and oxygen atoms in total. The van der Waals surface area contributed by atoms with Gasteiger partial charge in [0.2, 0.25) is 11.9 Å². The van der Waals surface area contributed by atoms with E-state index in [9.17, 15) is 0 Å². The molecule has 11 heteroatoms. The molecule has 0 aliphatic heterocycles. The van der Waals surface area contributed by atoms with Crippen molar-refractivity contribution < 1.29 is 0 Å². The third kappa shape index (κ3) is 17.1. The van der Waals surface area contributed by atoms with Crippen molar-refractivity contribution in [2.75, 3.05) is 71.2 Å². The average Bonchev–Trinajstić information content (AvgIpc) is 2.62. The second kappa shape index (κ2) is 16.4. The van der Waals surface area contributed by atoms with Gasteiger partial charge in [-0.15, -0.1) is 0 Å². The van der Waals surface area contributed by atoms with E-state index in [0.29, 0.717) is 11.1 Å². The molecule has 0 atom stereocenters. The Bertz CT molecular complexity index is 669. The quantitative estimate of drug-likeness (QED) is 0.342. The van der Waals surface area contributed by atoms with Crippen molar-refractivity contribution >= 4 is 29.3 Å². The zero-order chi connectivity index (χ0) is 23.8. The molecule has 0 bridgehead atoms. The van der Waals surface area contributed by atoms with Crippen LogP contribution in [0.2, 0.25) is 5.15 Å². The lowest BCUT2D eigenvalue weighted by Gasteiger charge is -2.10. The second-order valence-electron chi connectivity index (χ2n) is 7.47. The van der Waals surface area contributed by atoms with E-state index in [1.165, 1.54) is 0 Å². The zero-order valence-electron chi connectivity index (χ0n) is 19.7. The minimum Gasteiger partial charge on any atom is -0.370 e. The van der Waals surface area contributed by atoms with Crippen LogP contribution in [0.5, 0.6) is 0 Å². The van der Waals surface area contributed by atoms with Crippen molar-refractivity contribution in [2.45, 2.75) is 26.7 Å². The number of hydrogen-bond acceptors (Lipinski definition) is 10. The van der Waals surface area contributed by atoms with E-state index in [0.717, 1.165) is 56.2 Å². The van der Waals surface area contributed by atoms with Gasteiger partial charge in [0.1, 0.15) is 11.0 Å². The standard InChI is InChI=1S/C10H19N5.C5H6ClN3.C5H14N2/c1-8-7-9(14-10(11)13-8)12-5-4-6-15(2)3;1-3-2-4(6)9-5(7)8-3;1-7(2)5-3-4-6/h7H,4-6H2,1-3H3,(H3,11,12,13,14);2H,1H3,(H2,7,8,9);3-6H2,1-2H3. The van der Waals surface area contributed by atoms with Crippen LogP contribution in [0.4, 0.5) is 17.7 Å². The summed E-state index contributed by atoms with van der Waals surface area (Å²) in [6.07, 6.45) is 2.18. The maximum Gasteiger partial charge on any atom is 0.222 e. The molecule has 2 aromatic rings. The van der Waals surface area contributed by atoms with Crippen LogP contribution in [0.25, 0.3) is 0 Å². The summed E-state index contributed by atoms with van der Waals surface area (Å²) in [5.41, 5.74) is 17.7. The fourth-order valence-electron chi connectivity index (χ4n) is 2.25. The summed E-state index contributed by atoms with van der Waals surface area (Å²) < 4.78 is 0. The number of rotatable bonds is 8. The maximum atomic E-state index is 5.54. The van der Waals surface area contributed by atoms with Crippen molar-refractivity contribution in [1.82, 2.24) is 29.7 Å². The first-order chi connectivity index (χ1) is 14.5. The smallest absolute Gasteiger partial charge is 0.222 e. The molecule has 2 aromatic heterocycles. The number of hydrogen-bond donors (Lipinski definition) is 4. The first-order valence-corrected chi connectivity index (χ1v) is 10.5. The molecular weight excluding hydrogens is 416 g/mol. The molecule has 0 spiro atoms. The summed E-state index contributed by atoms with van der Waals surface area (Å²) in [6.45, 7) is 7.59. The summed E-state index contributed by atoms with van der Waals surface area (Å²) in [5, 5.41) is 3.61. The predicted molar refractivity (Wildman–Crippen MR) is 131 cm³/mol. The van der Waals surface area contributed by atoms with Crippen molar-refractivity contribution in [2.24, 2.45) is 5.73 Å². The predicted octanol–water partition coefficient (Wildman–Crippen LogP) is 1.65. The minimum atomic E-state index is 0.222. The number of nitrogen functional groups attached to an aromatic ring is 2. The summed E-state index contributed by atoms with van der Waals surface area (Å²) in [4.78, 5) is 19.9. The molecule has 7 N–H and O–H groups in total. The third-order valence-electron chi connectivity index (χ3n) is 3.61. The Hall–Kier alpha value is -2.27. The molecular formula is C20H39ClN10. The number of nitrogens with zero attached hydrogens (tertiary/aromatic N) is 6. The van der Waals surface area contributed by atoms with Gasteiger partial charge in [0, 0.05) is 24.0 Å². The Morgan fingerprint density at radius 2 is 1.35 bits per heavy atom. The molecule has 2 rings (SSSR count). The first-order valence-electron chi connectivity index (χ1n) is 10.1. The zero-order valence-corrected chi connectivity index (χ0v) is 20.4. The van der Waals surface area contributed by atoms with Crippen LogP contribution >= 0.6 is 11.6 Å². The fraction of sp³-hybridized carbons (Fsp3) is 0.600. The summed E-state index contributed by atoms with van der Waals surface area (Å²) in [7, 11) is 8.23. The molecule has 0 aliphatic carbocycles. The summed E-state index contributed by atoms with van der Waals surface area (Å²) in [6, 6.07) is 3.55. The molecule has 0 fully saturated rings. The van der Waals surface area contributed by atoms with Gasteiger partial charge in [0.15, 0.2) is 0 Å². The van der Waals surface area contributed by atoms with E-state index >= 15 is 0 Å². The van der Waals surface area contributed by atoms with E-state index in [-0.39, 0.29) is 5.95 Å². The van der Waals surface area contributed by atoms with Gasteiger partial charge in [-0.05, 0) is 80.6 Å². The van der Waals surface area contributed by atoms with E-state index in [4.69, 9.17) is 28.8 Å². The van der Waals surface area contributed by atoms with Gasteiger partial charge in [-0.3, -0.25) is 0 Å². The fourth-order valence-corrected chi connectivity index (χ4v) is 2.50. The van der Waals surface area contributed by atoms with Crippen LogP contribution in [-0.2, 0) is 0 Å². The van der Waals surface area contributed by atoms with Gasteiger partial charge in [-0.25, -0.2) is 15.0 Å². The first kappa shape index (κ1) is 28.7. The third-order valence-corrected chi connectivity index (χ3v) is 3.80. The molecule has 0 aliphatic rings. The van der Waals surface area contributed by atoms with Crippen LogP contribution in [0, 0.1) is 13.8 Å². The Morgan fingerprint density at radius 3 is 1.77 bits per heavy atom. The highest BCUT2D eigenvalue weighted by Crippen LogP contribution is 2.07. The number of anilines is 3. The number of halogens is 1. The average molecular weight is 455 g/mol. The van der Waals surface area contributed by atoms with Gasteiger partial charge in [-0.2, -0.15) is 4.98 Å². The minimum absolute atomic E-state index is 0.222. The van der Waals surface area contributed by atoms with Gasteiger partial charge < -0.3 is 32.3 Å². The highest BCUT2D eigenvalue weighted by atomic mass is 35.5. The van der Waals surface area contributed by atoms with Gasteiger partial charge in [0.05, 0.1) is 0 Å². The molecule has 0 radical (unpaired) electrons. The molecule has 0 aromatic carbocycles. The topological polar surface area (TPSA) is 148 Å². The number of aryl methyl sites for hydroxylation is 2. The van der Waals surface area contributed by atoms with E-state index in [2.05, 4.69) is 63.2 Å². The number of aromatic nitrogens is 4.